The van der Waals surface area contributed by atoms with Crippen LogP contribution < -0.4 is 5.31 Å². The number of likely N-dealkylation sites (tertiary alicyclic amines) is 1. The summed E-state index contributed by atoms with van der Waals surface area (Å²) in [5, 5.41) is 1.65. The molecule has 1 aromatic rings. The van der Waals surface area contributed by atoms with Gasteiger partial charge in [0.1, 0.15) is 1.41 Å². The van der Waals surface area contributed by atoms with E-state index >= 15 is 0 Å². The minimum Gasteiger partial charge on any atom is -0.317 e. The molecule has 2 heteroatoms. The van der Waals surface area contributed by atoms with E-state index < -0.39 is 12.5 Å². The predicted molar refractivity (Wildman–Crippen MR) is 96.8 cm³/mol. The summed E-state index contributed by atoms with van der Waals surface area (Å²) in [5.74, 6) is 0.325. The van der Waals surface area contributed by atoms with Gasteiger partial charge in [-0.1, -0.05) is 38.1 Å². The van der Waals surface area contributed by atoms with Gasteiger partial charge in [0.15, 0.2) is 0 Å². The normalized spacial score (nSPS) is 37.2. The van der Waals surface area contributed by atoms with E-state index in [1.54, 1.807) is 5.31 Å². The molecule has 0 aromatic heterocycles. The average Bonchev–Trinajstić information content (AvgIpc) is 2.85. The van der Waals surface area contributed by atoms with Gasteiger partial charge in [0.25, 0.3) is 0 Å². The highest BCUT2D eigenvalue weighted by molar-refractivity contribution is 5.33. The number of hydrogen-bond acceptors (Lipinski definition) is 2. The lowest BCUT2D eigenvalue weighted by atomic mass is 9.60. The third-order valence-electron chi connectivity index (χ3n) is 6.13. The van der Waals surface area contributed by atoms with Crippen molar-refractivity contribution in [1.82, 2.24) is 10.2 Å². The van der Waals surface area contributed by atoms with E-state index in [0.717, 1.165) is 44.3 Å². The van der Waals surface area contributed by atoms with Gasteiger partial charge in [0.2, 0.25) is 0 Å². The lowest BCUT2D eigenvalue weighted by Crippen LogP contribution is -2.54. The Kier molecular flexibility index (Phi) is 3.15. The van der Waals surface area contributed by atoms with Crippen LogP contribution in [-0.2, 0) is 0 Å². The third-order valence-corrected chi connectivity index (χ3v) is 6.13. The number of rotatable bonds is 3. The largest absolute Gasteiger partial charge is 0.317 e. The summed E-state index contributed by atoms with van der Waals surface area (Å²) >= 11 is 0. The predicted octanol–water partition coefficient (Wildman–Crippen LogP) is 4.48. The Labute approximate surface area is 147 Å². The first kappa shape index (κ1) is 11.7. The van der Waals surface area contributed by atoms with Gasteiger partial charge in [-0.15, -0.1) is 0 Å². The van der Waals surface area contributed by atoms with Gasteiger partial charge in [-0.05, 0) is 80.6 Å². The number of nitrogens with zero attached hydrogens (tertiary/aromatic N) is 1. The Morgan fingerprint density at radius 3 is 2.78 bits per heavy atom. The Bertz CT molecular complexity index is 691. The third kappa shape index (κ3) is 2.85. The number of piperidine rings is 1. The molecule has 0 bridgehead atoms. The van der Waals surface area contributed by atoms with Gasteiger partial charge in [-0.2, -0.15) is 0 Å². The fourth-order valence-corrected chi connectivity index (χ4v) is 4.79. The van der Waals surface area contributed by atoms with E-state index in [0.29, 0.717) is 18.8 Å². The highest BCUT2D eigenvalue weighted by atomic mass is 15.2. The van der Waals surface area contributed by atoms with E-state index in [4.69, 9.17) is 4.15 Å². The highest BCUT2D eigenvalue weighted by Gasteiger charge is 2.48. The maximum Gasteiger partial charge on any atom is 0.122 e. The molecule has 1 unspecified atom stereocenters. The molecule has 3 fully saturated rings. The van der Waals surface area contributed by atoms with E-state index in [1.807, 2.05) is 23.1 Å². The van der Waals surface area contributed by atoms with Crippen LogP contribution in [0.4, 0.5) is 0 Å². The van der Waals surface area contributed by atoms with Crippen molar-refractivity contribution in [2.45, 2.75) is 70.4 Å². The van der Waals surface area contributed by atoms with Crippen LogP contribution in [0.15, 0.2) is 24.3 Å². The monoisotopic (exact) mass is 316 g/mol. The second kappa shape index (κ2) is 6.22. The van der Waals surface area contributed by atoms with Gasteiger partial charge >= 0.3 is 0 Å². The molecule has 1 aromatic carbocycles. The lowest BCUT2D eigenvalue weighted by molar-refractivity contribution is -0.0265. The number of benzene rings is 1. The second-order valence-electron chi connectivity index (χ2n) is 7.95. The van der Waals surface area contributed by atoms with Crippen LogP contribution >= 0.6 is 0 Å². The molecule has 1 aliphatic carbocycles. The van der Waals surface area contributed by atoms with Crippen molar-refractivity contribution >= 4 is 0 Å². The molecule has 2 nitrogen and oxygen atoms in total. The van der Waals surface area contributed by atoms with Crippen LogP contribution in [0.25, 0.3) is 0 Å². The van der Waals surface area contributed by atoms with Crippen LogP contribution in [0.3, 0.4) is 0 Å². The molecule has 2 aliphatic heterocycles. The molecule has 0 amide bonds. The van der Waals surface area contributed by atoms with E-state index in [-0.39, 0.29) is 11.5 Å². The van der Waals surface area contributed by atoms with Gasteiger partial charge in [0, 0.05) is 14.8 Å². The van der Waals surface area contributed by atoms with Crippen molar-refractivity contribution in [3.05, 3.63) is 35.4 Å². The molecule has 1 saturated carbocycles. The molecule has 2 heterocycles. The molecule has 1 atom stereocenters. The summed E-state index contributed by atoms with van der Waals surface area (Å²) in [4.78, 5) is 1.92. The van der Waals surface area contributed by atoms with Crippen LogP contribution in [0.1, 0.15) is 79.5 Å². The molecule has 2 saturated heterocycles. The van der Waals surface area contributed by atoms with E-state index in [2.05, 4.69) is 19.9 Å². The summed E-state index contributed by atoms with van der Waals surface area (Å²) in [7, 11) is 0. The molecule has 1 N–H and O–H groups in total. The summed E-state index contributed by atoms with van der Waals surface area (Å²) in [6, 6.07) is 7.34. The van der Waals surface area contributed by atoms with Crippen molar-refractivity contribution in [1.29, 1.82) is 0 Å². The quantitative estimate of drug-likeness (QED) is 0.884. The van der Waals surface area contributed by atoms with Crippen molar-refractivity contribution in [3.8, 4) is 0 Å². The molecule has 23 heavy (non-hydrogen) atoms. The maximum atomic E-state index is 9.42. The average molecular weight is 317 g/mol. The molecule has 4 rings (SSSR count). The summed E-state index contributed by atoms with van der Waals surface area (Å²) in [5.41, 5.74) is 2.44. The molecular formula is C21H32N2. The molecule has 126 valence electrons. The Morgan fingerprint density at radius 1 is 1.30 bits per heavy atom. The van der Waals surface area contributed by atoms with Crippen molar-refractivity contribution in [2.75, 3.05) is 19.6 Å². The zero-order valence-corrected chi connectivity index (χ0v) is 14.5. The first-order valence-corrected chi connectivity index (χ1v) is 9.30. The zero-order chi connectivity index (χ0) is 19.4. The molecule has 1 spiro atoms. The fraction of sp³-hybridized carbons (Fsp3) is 0.714. The minimum absolute atomic E-state index is 0.137. The highest BCUT2D eigenvalue weighted by Crippen LogP contribution is 2.53. The van der Waals surface area contributed by atoms with E-state index in [9.17, 15) is 1.37 Å². The Balaban J connectivity index is 1.63. The van der Waals surface area contributed by atoms with Gasteiger partial charge in [-0.3, -0.25) is 4.90 Å². The molecule has 3 aliphatic rings. The van der Waals surface area contributed by atoms with E-state index in [1.165, 1.54) is 5.56 Å². The molecular weight excluding hydrogens is 280 g/mol. The van der Waals surface area contributed by atoms with Crippen molar-refractivity contribution in [2.24, 2.45) is 5.41 Å². The SMILES string of the molecule is [2H]N1CCC2(CC1)CC(N1C([2H])([2H])CCC1([2H])c1ccccc1C(C)C)C2. The second-order valence-corrected chi connectivity index (χ2v) is 7.95. The van der Waals surface area contributed by atoms with Crippen LogP contribution in [0.2, 0.25) is 1.41 Å². The first-order valence-electron chi connectivity index (χ1n) is 11.2. The van der Waals surface area contributed by atoms with Crippen molar-refractivity contribution in [3.63, 3.8) is 0 Å². The van der Waals surface area contributed by atoms with Gasteiger partial charge < -0.3 is 5.31 Å². The number of nitrogens with one attached hydrogen (secondary N) is 1. The maximum absolute atomic E-state index is 9.42. The standard InChI is InChI=1S/C21H32N2/c1-16(2)18-6-3-4-7-19(18)20-8-5-13-23(20)17-14-21(15-17)9-11-22-12-10-21/h3-4,6-7,16-17,20,22H,5,8-15H2,1-2H3/i13D2,20D/hD. The summed E-state index contributed by atoms with van der Waals surface area (Å²) < 4.78 is 34.5. The lowest BCUT2D eigenvalue weighted by Gasteiger charge is -2.54. The minimum atomic E-state index is -1.42. The fourth-order valence-electron chi connectivity index (χ4n) is 4.79. The summed E-state index contributed by atoms with van der Waals surface area (Å²) in [6.07, 6.45) is 5.01. The topological polar surface area (TPSA) is 15.3 Å². The Morgan fingerprint density at radius 2 is 2.04 bits per heavy atom. The number of hydrogen-bond donors (Lipinski definition) is 1. The van der Waals surface area contributed by atoms with Crippen molar-refractivity contribution < 1.29 is 5.52 Å². The van der Waals surface area contributed by atoms with Gasteiger partial charge in [0.05, 0.1) is 1.37 Å². The van der Waals surface area contributed by atoms with Crippen LogP contribution in [0.5, 0.6) is 0 Å². The summed E-state index contributed by atoms with van der Waals surface area (Å²) in [6.45, 7) is 4.53. The van der Waals surface area contributed by atoms with Gasteiger partial charge in [-0.25, -0.2) is 0 Å². The van der Waals surface area contributed by atoms with Crippen LogP contribution in [-0.4, -0.2) is 30.5 Å². The Hall–Kier alpha value is -0.860. The first-order chi connectivity index (χ1) is 12.7. The smallest absolute Gasteiger partial charge is 0.122 e. The van der Waals surface area contributed by atoms with Crippen LogP contribution in [0, 0.1) is 5.41 Å². The zero-order valence-electron chi connectivity index (χ0n) is 18.5. The molecule has 0 radical (unpaired) electrons.